The minimum Gasteiger partial charge on any atom is -0.390 e. The van der Waals surface area contributed by atoms with Gasteiger partial charge in [-0.1, -0.05) is 18.2 Å². The summed E-state index contributed by atoms with van der Waals surface area (Å²) in [5.41, 5.74) is 0.764. The Balaban J connectivity index is 1.45. The van der Waals surface area contributed by atoms with Crippen LogP contribution in [0.3, 0.4) is 0 Å². The summed E-state index contributed by atoms with van der Waals surface area (Å²) in [4.78, 5) is 24.0. The van der Waals surface area contributed by atoms with Crippen LogP contribution in [0.25, 0.3) is 0 Å². The summed E-state index contributed by atoms with van der Waals surface area (Å²) in [7, 11) is 0. The van der Waals surface area contributed by atoms with Gasteiger partial charge in [0, 0.05) is 30.8 Å². The summed E-state index contributed by atoms with van der Waals surface area (Å²) >= 11 is 0. The number of ether oxygens (including phenoxy) is 1. The number of amides is 2. The molecule has 8 nitrogen and oxygen atoms in total. The van der Waals surface area contributed by atoms with E-state index in [2.05, 4.69) is 20.8 Å². The van der Waals surface area contributed by atoms with Crippen molar-refractivity contribution in [3.05, 3.63) is 59.9 Å². The Morgan fingerprint density at radius 1 is 1.08 bits per heavy atom. The Labute approximate surface area is 150 Å². The number of aromatic nitrogens is 2. The molecule has 26 heavy (non-hydrogen) atoms. The molecule has 2 amide bonds. The number of rotatable bonds is 6. The molecule has 1 aromatic carbocycles. The standard InChI is InChI=1S/C18H20N4O4/c23-16-13(9-19-17(24)12-5-2-1-3-6-12)11-26-15(16)10-20-18(25)14-7-4-8-21-22-14/h1-8,13,15-16,23H,9-11H2,(H,19,24)(H,20,25)/t13-,15-,16+/m1/s1. The number of hydrogen-bond donors (Lipinski definition) is 3. The molecule has 0 aliphatic carbocycles. The molecule has 136 valence electrons. The smallest absolute Gasteiger partial charge is 0.271 e. The van der Waals surface area contributed by atoms with Gasteiger partial charge in [0.05, 0.1) is 12.7 Å². The van der Waals surface area contributed by atoms with Gasteiger partial charge in [0.1, 0.15) is 6.10 Å². The van der Waals surface area contributed by atoms with E-state index in [-0.39, 0.29) is 30.0 Å². The first-order chi connectivity index (χ1) is 12.6. The lowest BCUT2D eigenvalue weighted by Crippen LogP contribution is -2.41. The molecule has 2 heterocycles. The van der Waals surface area contributed by atoms with Gasteiger partial charge >= 0.3 is 0 Å². The maximum atomic E-state index is 12.1. The molecule has 1 aromatic heterocycles. The largest absolute Gasteiger partial charge is 0.390 e. The molecule has 3 N–H and O–H groups in total. The topological polar surface area (TPSA) is 113 Å². The molecule has 8 heteroatoms. The second-order valence-electron chi connectivity index (χ2n) is 6.02. The van der Waals surface area contributed by atoms with Crippen molar-refractivity contribution in [3.63, 3.8) is 0 Å². The van der Waals surface area contributed by atoms with E-state index in [4.69, 9.17) is 4.74 Å². The molecule has 0 bridgehead atoms. The van der Waals surface area contributed by atoms with Gasteiger partial charge < -0.3 is 20.5 Å². The van der Waals surface area contributed by atoms with E-state index in [1.165, 1.54) is 6.20 Å². The summed E-state index contributed by atoms with van der Waals surface area (Å²) < 4.78 is 5.55. The zero-order chi connectivity index (χ0) is 18.4. The number of nitrogens with zero attached hydrogens (tertiary/aromatic N) is 2. The normalized spacial score (nSPS) is 22.0. The predicted molar refractivity (Wildman–Crippen MR) is 92.4 cm³/mol. The van der Waals surface area contributed by atoms with Crippen molar-refractivity contribution in [1.82, 2.24) is 20.8 Å². The van der Waals surface area contributed by atoms with Crippen molar-refractivity contribution in [3.8, 4) is 0 Å². The van der Waals surface area contributed by atoms with Gasteiger partial charge in [0.25, 0.3) is 11.8 Å². The lowest BCUT2D eigenvalue weighted by atomic mass is 10.0. The van der Waals surface area contributed by atoms with Crippen molar-refractivity contribution < 1.29 is 19.4 Å². The third-order valence-corrected chi connectivity index (χ3v) is 4.22. The van der Waals surface area contributed by atoms with Gasteiger partial charge in [0.15, 0.2) is 5.69 Å². The van der Waals surface area contributed by atoms with Crippen LogP contribution in [-0.2, 0) is 4.74 Å². The fraction of sp³-hybridized carbons (Fsp3) is 0.333. The maximum Gasteiger partial charge on any atom is 0.271 e. The van der Waals surface area contributed by atoms with E-state index >= 15 is 0 Å². The van der Waals surface area contributed by atoms with Crippen LogP contribution in [0.5, 0.6) is 0 Å². The average Bonchev–Trinajstić information content (AvgIpc) is 3.05. The van der Waals surface area contributed by atoms with Crippen LogP contribution in [0.2, 0.25) is 0 Å². The van der Waals surface area contributed by atoms with Gasteiger partial charge in [-0.25, -0.2) is 0 Å². The number of nitrogens with one attached hydrogen (secondary N) is 2. The van der Waals surface area contributed by atoms with Gasteiger partial charge in [0.2, 0.25) is 0 Å². The third kappa shape index (κ3) is 4.41. The Bertz CT molecular complexity index is 678. The van der Waals surface area contributed by atoms with Crippen LogP contribution in [0.1, 0.15) is 20.8 Å². The van der Waals surface area contributed by atoms with Crippen molar-refractivity contribution in [2.24, 2.45) is 5.92 Å². The summed E-state index contributed by atoms with van der Waals surface area (Å²) in [6.45, 7) is 0.755. The minimum atomic E-state index is -0.784. The summed E-state index contributed by atoms with van der Waals surface area (Å²) in [6.07, 6.45) is 0.164. The van der Waals surface area contributed by atoms with E-state index in [9.17, 15) is 14.7 Å². The van der Waals surface area contributed by atoms with Gasteiger partial charge in [-0.05, 0) is 24.3 Å². The van der Waals surface area contributed by atoms with Crippen LogP contribution >= 0.6 is 0 Å². The Morgan fingerprint density at radius 2 is 1.85 bits per heavy atom. The first kappa shape index (κ1) is 18.0. The lowest BCUT2D eigenvalue weighted by Gasteiger charge is -2.18. The first-order valence-corrected chi connectivity index (χ1v) is 8.34. The van der Waals surface area contributed by atoms with Gasteiger partial charge in [-0.3, -0.25) is 9.59 Å². The molecular formula is C18H20N4O4. The second kappa shape index (κ2) is 8.50. The van der Waals surface area contributed by atoms with Crippen LogP contribution in [0.15, 0.2) is 48.7 Å². The van der Waals surface area contributed by atoms with E-state index in [0.717, 1.165) is 0 Å². The van der Waals surface area contributed by atoms with Gasteiger partial charge in [-0.2, -0.15) is 5.10 Å². The fourth-order valence-corrected chi connectivity index (χ4v) is 2.73. The highest BCUT2D eigenvalue weighted by atomic mass is 16.5. The summed E-state index contributed by atoms with van der Waals surface area (Å²) in [6, 6.07) is 12.0. The SMILES string of the molecule is O=C(NC[C@@H]1CO[C@H](CNC(=O)c2cccnn2)[C@H]1O)c1ccccc1. The molecule has 1 fully saturated rings. The van der Waals surface area contributed by atoms with Crippen molar-refractivity contribution in [1.29, 1.82) is 0 Å². The molecule has 0 spiro atoms. The zero-order valence-corrected chi connectivity index (χ0v) is 14.0. The van der Waals surface area contributed by atoms with E-state index in [1.54, 1.807) is 36.4 Å². The number of aliphatic hydroxyl groups is 1. The van der Waals surface area contributed by atoms with E-state index < -0.39 is 12.2 Å². The molecule has 0 unspecified atom stereocenters. The van der Waals surface area contributed by atoms with Crippen molar-refractivity contribution in [2.45, 2.75) is 12.2 Å². The molecule has 1 saturated heterocycles. The number of aliphatic hydroxyl groups excluding tert-OH is 1. The monoisotopic (exact) mass is 356 g/mol. The number of benzene rings is 1. The van der Waals surface area contributed by atoms with Crippen LogP contribution < -0.4 is 10.6 Å². The molecule has 1 aliphatic rings. The second-order valence-corrected chi connectivity index (χ2v) is 6.02. The summed E-state index contributed by atoms with van der Waals surface area (Å²) in [5, 5.41) is 23.2. The summed E-state index contributed by atoms with van der Waals surface area (Å²) in [5.74, 6) is -0.812. The van der Waals surface area contributed by atoms with E-state index in [0.29, 0.717) is 18.7 Å². The first-order valence-electron chi connectivity index (χ1n) is 8.34. The maximum absolute atomic E-state index is 12.1. The number of hydrogen-bond acceptors (Lipinski definition) is 6. The molecule has 0 saturated carbocycles. The van der Waals surface area contributed by atoms with E-state index in [1.807, 2.05) is 6.07 Å². The molecule has 3 rings (SSSR count). The van der Waals surface area contributed by atoms with Crippen molar-refractivity contribution >= 4 is 11.8 Å². The molecule has 0 radical (unpaired) electrons. The lowest BCUT2D eigenvalue weighted by molar-refractivity contribution is 0.0383. The highest BCUT2D eigenvalue weighted by molar-refractivity contribution is 5.94. The van der Waals surface area contributed by atoms with Crippen molar-refractivity contribution in [2.75, 3.05) is 19.7 Å². The Kier molecular flexibility index (Phi) is 5.88. The Hall–Kier alpha value is -2.84. The fourth-order valence-electron chi connectivity index (χ4n) is 2.73. The highest BCUT2D eigenvalue weighted by Gasteiger charge is 2.36. The van der Waals surface area contributed by atoms with Crippen LogP contribution in [-0.4, -0.2) is 59.0 Å². The molecular weight excluding hydrogens is 336 g/mol. The minimum absolute atomic E-state index is 0.152. The third-order valence-electron chi connectivity index (χ3n) is 4.22. The van der Waals surface area contributed by atoms with Crippen LogP contribution in [0.4, 0.5) is 0 Å². The molecule has 1 aliphatic heterocycles. The quantitative estimate of drug-likeness (QED) is 0.672. The number of carbonyl (C=O) groups is 2. The molecule has 2 aromatic rings. The van der Waals surface area contributed by atoms with Gasteiger partial charge in [-0.15, -0.1) is 5.10 Å². The van der Waals surface area contributed by atoms with Crippen LogP contribution in [0, 0.1) is 5.92 Å². The average molecular weight is 356 g/mol. The molecule has 3 atom stereocenters. The Morgan fingerprint density at radius 3 is 2.58 bits per heavy atom. The predicted octanol–water partition coefficient (Wildman–Crippen LogP) is 0.0123. The number of carbonyl (C=O) groups excluding carboxylic acids is 2. The zero-order valence-electron chi connectivity index (χ0n) is 14.0. The highest BCUT2D eigenvalue weighted by Crippen LogP contribution is 2.19.